The van der Waals surface area contributed by atoms with E-state index in [1.165, 1.54) is 18.0 Å². The summed E-state index contributed by atoms with van der Waals surface area (Å²) in [6, 6.07) is -0.282. The van der Waals surface area contributed by atoms with Gasteiger partial charge in [0.2, 0.25) is 0 Å². The number of esters is 1. The van der Waals surface area contributed by atoms with Gasteiger partial charge in [0.15, 0.2) is 5.69 Å². The number of nitrogens with zero attached hydrogens (tertiary/aromatic N) is 3. The molecule has 1 aromatic rings. The van der Waals surface area contributed by atoms with Crippen molar-refractivity contribution < 1.29 is 19.4 Å². The predicted molar refractivity (Wildman–Crippen MR) is 47.2 cm³/mol. The number of methoxy groups -OCH3 is 1. The first-order valence-corrected chi connectivity index (χ1v) is 4.48. The van der Waals surface area contributed by atoms with Crippen molar-refractivity contribution in [2.24, 2.45) is 0 Å². The Morgan fingerprint density at radius 1 is 1.73 bits per heavy atom. The van der Waals surface area contributed by atoms with Crippen LogP contribution in [0.4, 0.5) is 0 Å². The molecule has 7 nitrogen and oxygen atoms in total. The Hall–Kier alpha value is -1.47. The fourth-order valence-corrected chi connectivity index (χ4v) is 1.42. The summed E-state index contributed by atoms with van der Waals surface area (Å²) in [4.78, 5) is 11.1. The van der Waals surface area contributed by atoms with E-state index in [0.717, 1.165) is 0 Å². The third-order valence-corrected chi connectivity index (χ3v) is 2.27. The molecule has 1 aliphatic rings. The smallest absolute Gasteiger partial charge is 0.360 e. The third-order valence-electron chi connectivity index (χ3n) is 2.27. The molecule has 0 unspecified atom stereocenters. The van der Waals surface area contributed by atoms with Crippen molar-refractivity contribution in [1.29, 1.82) is 0 Å². The molecule has 0 amide bonds. The maximum atomic E-state index is 11.1. The van der Waals surface area contributed by atoms with Crippen molar-refractivity contribution in [3.8, 4) is 0 Å². The number of hydrogen-bond donors (Lipinski definition) is 1. The Balaban J connectivity index is 2.16. The van der Waals surface area contributed by atoms with Crippen molar-refractivity contribution in [3.05, 3.63) is 11.9 Å². The number of carbonyl (C=O) groups excluding carboxylic acids is 1. The van der Waals surface area contributed by atoms with Crippen LogP contribution in [0.3, 0.4) is 0 Å². The highest BCUT2D eigenvalue weighted by molar-refractivity contribution is 5.86. The Morgan fingerprint density at radius 2 is 2.53 bits per heavy atom. The lowest BCUT2D eigenvalue weighted by Gasteiger charge is -2.10. The van der Waals surface area contributed by atoms with E-state index in [2.05, 4.69) is 15.0 Å². The standard InChI is InChI=1S/C8H11N3O4/c1-14-8(13)5-2-11(10-9-5)6-3-15-4-7(6)12/h2,6-7,12H,3-4H2,1H3/t6-,7+/m0/s1. The number of hydrogen-bond acceptors (Lipinski definition) is 6. The van der Waals surface area contributed by atoms with Gasteiger partial charge >= 0.3 is 5.97 Å². The van der Waals surface area contributed by atoms with Gasteiger partial charge in [0, 0.05) is 0 Å². The highest BCUT2D eigenvalue weighted by Gasteiger charge is 2.29. The predicted octanol–water partition coefficient (Wildman–Crippen LogP) is -1.00. The number of rotatable bonds is 2. The van der Waals surface area contributed by atoms with Crippen LogP contribution in [0.15, 0.2) is 6.20 Å². The maximum Gasteiger partial charge on any atom is 0.360 e. The van der Waals surface area contributed by atoms with Gasteiger partial charge in [-0.3, -0.25) is 0 Å². The highest BCUT2D eigenvalue weighted by atomic mass is 16.5. The van der Waals surface area contributed by atoms with E-state index in [1.807, 2.05) is 0 Å². The van der Waals surface area contributed by atoms with Crippen LogP contribution in [0.1, 0.15) is 16.5 Å². The molecule has 1 aliphatic heterocycles. The van der Waals surface area contributed by atoms with Crippen LogP contribution in [0.5, 0.6) is 0 Å². The zero-order chi connectivity index (χ0) is 10.8. The molecule has 1 fully saturated rings. The average molecular weight is 213 g/mol. The summed E-state index contributed by atoms with van der Waals surface area (Å²) < 4.78 is 11.0. The van der Waals surface area contributed by atoms with Gasteiger partial charge in [0.05, 0.1) is 26.5 Å². The van der Waals surface area contributed by atoms with Crippen LogP contribution in [0.25, 0.3) is 0 Å². The van der Waals surface area contributed by atoms with Crippen LogP contribution in [0.2, 0.25) is 0 Å². The summed E-state index contributed by atoms with van der Waals surface area (Å²) in [5.41, 5.74) is 0.122. The molecule has 0 saturated carbocycles. The van der Waals surface area contributed by atoms with Crippen LogP contribution < -0.4 is 0 Å². The largest absolute Gasteiger partial charge is 0.464 e. The van der Waals surface area contributed by atoms with Gasteiger partial charge in [-0.05, 0) is 0 Å². The van der Waals surface area contributed by atoms with E-state index >= 15 is 0 Å². The number of aromatic nitrogens is 3. The van der Waals surface area contributed by atoms with Gasteiger partial charge in [-0.1, -0.05) is 5.21 Å². The molecule has 1 saturated heterocycles. The topological polar surface area (TPSA) is 86.5 Å². The molecule has 7 heteroatoms. The number of carbonyl (C=O) groups is 1. The molecule has 82 valence electrons. The van der Waals surface area contributed by atoms with Gasteiger partial charge in [-0.25, -0.2) is 9.48 Å². The molecule has 0 aromatic carbocycles. The van der Waals surface area contributed by atoms with Gasteiger partial charge in [0.25, 0.3) is 0 Å². The molecule has 0 radical (unpaired) electrons. The number of aliphatic hydroxyl groups excluding tert-OH is 1. The zero-order valence-electron chi connectivity index (χ0n) is 8.16. The van der Waals surface area contributed by atoms with E-state index in [1.54, 1.807) is 0 Å². The Bertz CT molecular complexity index is 365. The molecule has 0 bridgehead atoms. The third kappa shape index (κ3) is 1.83. The Labute approximate surface area is 85.6 Å². The summed E-state index contributed by atoms with van der Waals surface area (Å²) in [5, 5.41) is 16.9. The fourth-order valence-electron chi connectivity index (χ4n) is 1.42. The SMILES string of the molecule is COC(=O)c1cn([C@H]2COC[C@H]2O)nn1. The second-order valence-corrected chi connectivity index (χ2v) is 3.25. The van der Waals surface area contributed by atoms with Crippen molar-refractivity contribution in [2.75, 3.05) is 20.3 Å². The number of aliphatic hydroxyl groups is 1. The van der Waals surface area contributed by atoms with Crippen LogP contribution >= 0.6 is 0 Å². The second kappa shape index (κ2) is 3.95. The van der Waals surface area contributed by atoms with Gasteiger partial charge in [0.1, 0.15) is 12.1 Å². The minimum Gasteiger partial charge on any atom is -0.464 e. The summed E-state index contributed by atoms with van der Waals surface area (Å²) in [6.45, 7) is 0.642. The van der Waals surface area contributed by atoms with Crippen LogP contribution in [0, 0.1) is 0 Å². The quantitative estimate of drug-likeness (QED) is 0.634. The minimum atomic E-state index is -0.614. The first-order valence-electron chi connectivity index (χ1n) is 4.48. The monoisotopic (exact) mass is 213 g/mol. The Morgan fingerprint density at radius 3 is 3.13 bits per heavy atom. The second-order valence-electron chi connectivity index (χ2n) is 3.25. The minimum absolute atomic E-state index is 0.122. The van der Waals surface area contributed by atoms with E-state index in [0.29, 0.717) is 6.61 Å². The lowest BCUT2D eigenvalue weighted by molar-refractivity contribution is 0.0593. The first-order chi connectivity index (χ1) is 7.22. The summed E-state index contributed by atoms with van der Waals surface area (Å²) >= 11 is 0. The van der Waals surface area contributed by atoms with Crippen molar-refractivity contribution in [1.82, 2.24) is 15.0 Å². The van der Waals surface area contributed by atoms with Crippen LogP contribution in [-0.4, -0.2) is 52.5 Å². The van der Waals surface area contributed by atoms with Crippen molar-refractivity contribution in [3.63, 3.8) is 0 Å². The lowest BCUT2D eigenvalue weighted by atomic mass is 10.2. The summed E-state index contributed by atoms with van der Waals surface area (Å²) in [7, 11) is 1.27. The first kappa shape index (κ1) is 10.1. The van der Waals surface area contributed by atoms with Gasteiger partial charge < -0.3 is 14.6 Å². The van der Waals surface area contributed by atoms with E-state index < -0.39 is 12.1 Å². The van der Waals surface area contributed by atoms with E-state index in [4.69, 9.17) is 4.74 Å². The van der Waals surface area contributed by atoms with Gasteiger partial charge in [-0.15, -0.1) is 5.10 Å². The van der Waals surface area contributed by atoms with Crippen LogP contribution in [-0.2, 0) is 9.47 Å². The van der Waals surface area contributed by atoms with Gasteiger partial charge in [-0.2, -0.15) is 0 Å². The number of ether oxygens (including phenoxy) is 2. The molecule has 0 aliphatic carbocycles. The molecular weight excluding hydrogens is 202 g/mol. The lowest BCUT2D eigenvalue weighted by Crippen LogP contribution is -2.22. The van der Waals surface area contributed by atoms with E-state index in [9.17, 15) is 9.90 Å². The molecule has 2 atom stereocenters. The maximum absolute atomic E-state index is 11.1. The zero-order valence-corrected chi connectivity index (χ0v) is 8.16. The normalized spacial score (nSPS) is 25.5. The molecule has 2 rings (SSSR count). The van der Waals surface area contributed by atoms with Crippen molar-refractivity contribution in [2.45, 2.75) is 12.1 Å². The summed E-state index contributed by atoms with van der Waals surface area (Å²) in [5.74, 6) is -0.547. The molecular formula is C8H11N3O4. The summed E-state index contributed by atoms with van der Waals surface area (Å²) in [6.07, 6.45) is 0.825. The van der Waals surface area contributed by atoms with E-state index in [-0.39, 0.29) is 18.3 Å². The molecule has 0 spiro atoms. The molecule has 1 aromatic heterocycles. The Kier molecular flexibility index (Phi) is 2.65. The highest BCUT2D eigenvalue weighted by Crippen LogP contribution is 2.18. The average Bonchev–Trinajstić information content (AvgIpc) is 2.84. The molecule has 15 heavy (non-hydrogen) atoms. The fraction of sp³-hybridized carbons (Fsp3) is 0.625. The molecule has 2 heterocycles. The molecule has 1 N–H and O–H groups in total. The van der Waals surface area contributed by atoms with Crippen molar-refractivity contribution >= 4 is 5.97 Å².